The highest BCUT2D eigenvalue weighted by Gasteiger charge is 2.11. The standard InChI is InChI=1S/C17H24N2O2/c1-12(2)15-10-13(11-18-8-9-20-3)14-6-5-7-16(21-4)17(14)19-15/h5-7,10,12,18H,8-9,11H2,1-4H3. The second kappa shape index (κ2) is 7.38. The number of hydrogen-bond donors (Lipinski definition) is 1. The van der Waals surface area contributed by atoms with Gasteiger partial charge in [-0.3, -0.25) is 0 Å². The van der Waals surface area contributed by atoms with Gasteiger partial charge < -0.3 is 14.8 Å². The molecule has 21 heavy (non-hydrogen) atoms. The first-order valence-electron chi connectivity index (χ1n) is 7.33. The first-order valence-corrected chi connectivity index (χ1v) is 7.33. The SMILES string of the molecule is COCCNCc1cc(C(C)C)nc2c(OC)cccc12. The highest BCUT2D eigenvalue weighted by atomic mass is 16.5. The average molecular weight is 288 g/mol. The normalized spacial score (nSPS) is 11.3. The fourth-order valence-corrected chi connectivity index (χ4v) is 2.32. The summed E-state index contributed by atoms with van der Waals surface area (Å²) in [6.07, 6.45) is 0. The minimum absolute atomic E-state index is 0.386. The number of benzene rings is 1. The van der Waals surface area contributed by atoms with E-state index in [-0.39, 0.29) is 0 Å². The molecule has 4 nitrogen and oxygen atoms in total. The topological polar surface area (TPSA) is 43.4 Å². The van der Waals surface area contributed by atoms with Crippen molar-refractivity contribution >= 4 is 10.9 Å². The first kappa shape index (κ1) is 15.7. The van der Waals surface area contributed by atoms with Gasteiger partial charge in [0.15, 0.2) is 0 Å². The van der Waals surface area contributed by atoms with Gasteiger partial charge in [-0.1, -0.05) is 26.0 Å². The Labute approximate surface area is 126 Å². The maximum absolute atomic E-state index is 5.46. The van der Waals surface area contributed by atoms with Gasteiger partial charge in [-0.15, -0.1) is 0 Å². The zero-order valence-electron chi connectivity index (χ0n) is 13.3. The Bertz CT molecular complexity index is 597. The summed E-state index contributed by atoms with van der Waals surface area (Å²) in [5, 5.41) is 4.55. The molecule has 0 atom stereocenters. The molecule has 0 spiro atoms. The largest absolute Gasteiger partial charge is 0.494 e. The molecule has 0 aliphatic carbocycles. The van der Waals surface area contributed by atoms with Crippen LogP contribution < -0.4 is 10.1 Å². The van der Waals surface area contributed by atoms with Crippen LogP contribution in [0.5, 0.6) is 5.75 Å². The highest BCUT2D eigenvalue weighted by molar-refractivity contribution is 5.87. The van der Waals surface area contributed by atoms with Gasteiger partial charge in [-0.2, -0.15) is 0 Å². The van der Waals surface area contributed by atoms with E-state index in [0.29, 0.717) is 12.5 Å². The number of nitrogens with zero attached hydrogens (tertiary/aromatic N) is 1. The Hall–Kier alpha value is -1.65. The summed E-state index contributed by atoms with van der Waals surface area (Å²) in [5.41, 5.74) is 3.28. The molecule has 1 heterocycles. The van der Waals surface area contributed by atoms with Crippen molar-refractivity contribution in [3.8, 4) is 5.75 Å². The maximum Gasteiger partial charge on any atom is 0.145 e. The molecule has 1 aromatic heterocycles. The summed E-state index contributed by atoms with van der Waals surface area (Å²) in [4.78, 5) is 4.77. The van der Waals surface area contributed by atoms with Crippen LogP contribution in [-0.4, -0.2) is 32.4 Å². The van der Waals surface area contributed by atoms with E-state index in [1.807, 2.05) is 12.1 Å². The summed E-state index contributed by atoms with van der Waals surface area (Å²) in [6, 6.07) is 8.26. The fraction of sp³-hybridized carbons (Fsp3) is 0.471. The lowest BCUT2D eigenvalue weighted by molar-refractivity contribution is 0.199. The van der Waals surface area contributed by atoms with Crippen LogP contribution in [0, 0.1) is 0 Å². The number of fused-ring (bicyclic) bond motifs is 1. The molecule has 0 aliphatic rings. The second-order valence-electron chi connectivity index (χ2n) is 5.39. The van der Waals surface area contributed by atoms with Crippen LogP contribution in [0.3, 0.4) is 0 Å². The van der Waals surface area contributed by atoms with Crippen LogP contribution in [0.1, 0.15) is 31.0 Å². The molecule has 0 bridgehead atoms. The smallest absolute Gasteiger partial charge is 0.145 e. The van der Waals surface area contributed by atoms with Crippen molar-refractivity contribution in [2.45, 2.75) is 26.3 Å². The summed E-state index contributed by atoms with van der Waals surface area (Å²) in [6.45, 7) is 6.66. The fourth-order valence-electron chi connectivity index (χ4n) is 2.32. The lowest BCUT2D eigenvalue weighted by Crippen LogP contribution is -2.19. The third-order valence-corrected chi connectivity index (χ3v) is 3.52. The Balaban J connectivity index is 2.41. The van der Waals surface area contributed by atoms with Crippen molar-refractivity contribution in [3.05, 3.63) is 35.5 Å². The Morgan fingerprint density at radius 1 is 1.24 bits per heavy atom. The van der Waals surface area contributed by atoms with E-state index in [9.17, 15) is 0 Å². The van der Waals surface area contributed by atoms with Crippen molar-refractivity contribution in [2.75, 3.05) is 27.4 Å². The number of aromatic nitrogens is 1. The van der Waals surface area contributed by atoms with Gasteiger partial charge in [0.25, 0.3) is 0 Å². The molecule has 2 rings (SSSR count). The monoisotopic (exact) mass is 288 g/mol. The van der Waals surface area contributed by atoms with E-state index >= 15 is 0 Å². The van der Waals surface area contributed by atoms with Gasteiger partial charge in [0.2, 0.25) is 0 Å². The molecule has 0 amide bonds. The molecule has 2 aromatic rings. The molecular weight excluding hydrogens is 264 g/mol. The third-order valence-electron chi connectivity index (χ3n) is 3.52. The van der Waals surface area contributed by atoms with Crippen molar-refractivity contribution < 1.29 is 9.47 Å². The molecule has 0 saturated carbocycles. The number of pyridine rings is 1. The molecule has 0 unspecified atom stereocenters. The van der Waals surface area contributed by atoms with Gasteiger partial charge in [0, 0.05) is 31.3 Å². The predicted octanol–water partition coefficient (Wildman–Crippen LogP) is 3.10. The Morgan fingerprint density at radius 3 is 2.71 bits per heavy atom. The van der Waals surface area contributed by atoms with Gasteiger partial charge in [0.1, 0.15) is 11.3 Å². The zero-order valence-corrected chi connectivity index (χ0v) is 13.3. The predicted molar refractivity (Wildman–Crippen MR) is 86.0 cm³/mol. The number of rotatable bonds is 7. The van der Waals surface area contributed by atoms with Crippen molar-refractivity contribution in [2.24, 2.45) is 0 Å². The quantitative estimate of drug-likeness (QED) is 0.795. The van der Waals surface area contributed by atoms with Crippen LogP contribution in [0.2, 0.25) is 0 Å². The minimum Gasteiger partial charge on any atom is -0.494 e. The third kappa shape index (κ3) is 3.71. The lowest BCUT2D eigenvalue weighted by atomic mass is 10.0. The summed E-state index contributed by atoms with van der Waals surface area (Å²) in [7, 11) is 3.40. The summed E-state index contributed by atoms with van der Waals surface area (Å²) in [5.74, 6) is 1.21. The molecule has 1 N–H and O–H groups in total. The van der Waals surface area contributed by atoms with Crippen LogP contribution in [0.15, 0.2) is 24.3 Å². The molecular formula is C17H24N2O2. The maximum atomic E-state index is 5.46. The van der Waals surface area contributed by atoms with E-state index < -0.39 is 0 Å². The average Bonchev–Trinajstić information content (AvgIpc) is 2.50. The number of ether oxygens (including phenoxy) is 2. The number of para-hydroxylation sites is 1. The van der Waals surface area contributed by atoms with Crippen LogP contribution in [0.4, 0.5) is 0 Å². The molecule has 0 saturated heterocycles. The number of nitrogens with one attached hydrogen (secondary N) is 1. The molecule has 0 radical (unpaired) electrons. The summed E-state index contributed by atoms with van der Waals surface area (Å²) < 4.78 is 10.5. The molecule has 1 aromatic carbocycles. The van der Waals surface area contributed by atoms with Gasteiger partial charge in [0.05, 0.1) is 13.7 Å². The zero-order chi connectivity index (χ0) is 15.2. The van der Waals surface area contributed by atoms with E-state index in [0.717, 1.165) is 35.4 Å². The van der Waals surface area contributed by atoms with Gasteiger partial charge in [-0.25, -0.2) is 4.98 Å². The summed E-state index contributed by atoms with van der Waals surface area (Å²) >= 11 is 0. The van der Waals surface area contributed by atoms with E-state index in [2.05, 4.69) is 31.3 Å². The van der Waals surface area contributed by atoms with Crippen molar-refractivity contribution in [1.29, 1.82) is 0 Å². The number of hydrogen-bond acceptors (Lipinski definition) is 4. The second-order valence-corrected chi connectivity index (χ2v) is 5.39. The van der Waals surface area contributed by atoms with Crippen LogP contribution >= 0.6 is 0 Å². The molecule has 4 heteroatoms. The van der Waals surface area contributed by atoms with E-state index in [1.165, 1.54) is 5.56 Å². The van der Waals surface area contributed by atoms with Crippen molar-refractivity contribution in [1.82, 2.24) is 10.3 Å². The molecule has 114 valence electrons. The highest BCUT2D eigenvalue weighted by Crippen LogP contribution is 2.28. The van der Waals surface area contributed by atoms with E-state index in [1.54, 1.807) is 14.2 Å². The van der Waals surface area contributed by atoms with Gasteiger partial charge >= 0.3 is 0 Å². The van der Waals surface area contributed by atoms with Crippen molar-refractivity contribution in [3.63, 3.8) is 0 Å². The first-order chi connectivity index (χ1) is 10.2. The minimum atomic E-state index is 0.386. The molecule has 0 aliphatic heterocycles. The Kier molecular flexibility index (Phi) is 5.53. The van der Waals surface area contributed by atoms with Gasteiger partial charge in [-0.05, 0) is 23.6 Å². The van der Waals surface area contributed by atoms with E-state index in [4.69, 9.17) is 14.5 Å². The number of methoxy groups -OCH3 is 2. The lowest BCUT2D eigenvalue weighted by Gasteiger charge is -2.14. The van der Waals surface area contributed by atoms with Crippen LogP contribution in [-0.2, 0) is 11.3 Å². The van der Waals surface area contributed by atoms with Crippen LogP contribution in [0.25, 0.3) is 10.9 Å². The Morgan fingerprint density at radius 2 is 2.05 bits per heavy atom. The molecule has 0 fully saturated rings.